The molecule has 1 aliphatic rings. The topological polar surface area (TPSA) is 68.3 Å². The van der Waals surface area contributed by atoms with E-state index in [1.807, 2.05) is 24.3 Å². The largest absolute Gasteiger partial charge is 0.486 e. The Balaban J connectivity index is 1.74. The Labute approximate surface area is 123 Å². The zero-order valence-corrected chi connectivity index (χ0v) is 11.9. The molecule has 1 aliphatic heterocycles. The standard InChI is InChI=1S/C15H18N4O2/c1-2-6-16-15-17-7-5-14(19-15)18-11-3-4-12-13(10-11)21-9-8-20-12/h3-5,7,10H,2,6,8-9H2,1H3,(H2,16,17,18,19). The SMILES string of the molecule is CCCNc1nccc(Nc2ccc3c(c2)OCCO3)n1. The Hall–Kier alpha value is -2.50. The van der Waals surface area contributed by atoms with Crippen LogP contribution in [0.15, 0.2) is 30.5 Å². The highest BCUT2D eigenvalue weighted by atomic mass is 16.6. The van der Waals surface area contributed by atoms with Gasteiger partial charge in [0.1, 0.15) is 19.0 Å². The molecule has 0 spiro atoms. The highest BCUT2D eigenvalue weighted by molar-refractivity contribution is 5.62. The van der Waals surface area contributed by atoms with Crippen molar-refractivity contribution in [2.45, 2.75) is 13.3 Å². The van der Waals surface area contributed by atoms with E-state index < -0.39 is 0 Å². The number of aromatic nitrogens is 2. The number of ether oxygens (including phenoxy) is 2. The van der Waals surface area contributed by atoms with Crippen LogP contribution in [0.1, 0.15) is 13.3 Å². The molecule has 2 N–H and O–H groups in total. The summed E-state index contributed by atoms with van der Waals surface area (Å²) in [6.45, 7) is 4.13. The summed E-state index contributed by atoms with van der Waals surface area (Å²) in [4.78, 5) is 8.59. The van der Waals surface area contributed by atoms with E-state index in [1.54, 1.807) is 6.20 Å². The molecule has 2 heterocycles. The number of anilines is 3. The second kappa shape index (κ2) is 6.30. The molecule has 110 valence electrons. The van der Waals surface area contributed by atoms with Crippen LogP contribution < -0.4 is 20.1 Å². The van der Waals surface area contributed by atoms with E-state index in [0.717, 1.165) is 36.0 Å². The van der Waals surface area contributed by atoms with Gasteiger partial charge in [-0.2, -0.15) is 4.98 Å². The molecule has 2 aromatic rings. The quantitative estimate of drug-likeness (QED) is 0.881. The Morgan fingerprint density at radius 3 is 2.86 bits per heavy atom. The van der Waals surface area contributed by atoms with Crippen LogP contribution in [0.5, 0.6) is 11.5 Å². The molecule has 0 fully saturated rings. The van der Waals surface area contributed by atoms with Crippen LogP contribution in [0.25, 0.3) is 0 Å². The zero-order valence-electron chi connectivity index (χ0n) is 11.9. The van der Waals surface area contributed by atoms with Crippen molar-refractivity contribution in [1.82, 2.24) is 9.97 Å². The molecule has 0 saturated heterocycles. The molecule has 0 aliphatic carbocycles. The van der Waals surface area contributed by atoms with Gasteiger partial charge in [0.25, 0.3) is 0 Å². The zero-order chi connectivity index (χ0) is 14.5. The van der Waals surface area contributed by atoms with Crippen LogP contribution in [0.4, 0.5) is 17.5 Å². The van der Waals surface area contributed by atoms with E-state index in [-0.39, 0.29) is 0 Å². The maximum Gasteiger partial charge on any atom is 0.224 e. The van der Waals surface area contributed by atoms with Crippen LogP contribution in [0.3, 0.4) is 0 Å². The van der Waals surface area contributed by atoms with Crippen molar-refractivity contribution in [2.75, 3.05) is 30.4 Å². The van der Waals surface area contributed by atoms with Crippen LogP contribution >= 0.6 is 0 Å². The number of hydrogen-bond acceptors (Lipinski definition) is 6. The summed E-state index contributed by atoms with van der Waals surface area (Å²) in [6, 6.07) is 7.58. The summed E-state index contributed by atoms with van der Waals surface area (Å²) >= 11 is 0. The summed E-state index contributed by atoms with van der Waals surface area (Å²) < 4.78 is 11.1. The third-order valence-corrected chi connectivity index (χ3v) is 3.00. The van der Waals surface area contributed by atoms with Gasteiger partial charge in [0.05, 0.1) is 0 Å². The summed E-state index contributed by atoms with van der Waals surface area (Å²) in [7, 11) is 0. The lowest BCUT2D eigenvalue weighted by Gasteiger charge is -2.19. The van der Waals surface area contributed by atoms with Crippen molar-refractivity contribution in [3.63, 3.8) is 0 Å². The third-order valence-electron chi connectivity index (χ3n) is 3.00. The van der Waals surface area contributed by atoms with Crippen molar-refractivity contribution in [3.05, 3.63) is 30.5 Å². The molecule has 21 heavy (non-hydrogen) atoms. The van der Waals surface area contributed by atoms with Gasteiger partial charge < -0.3 is 20.1 Å². The number of nitrogens with one attached hydrogen (secondary N) is 2. The number of benzene rings is 1. The first-order valence-corrected chi connectivity index (χ1v) is 7.09. The van der Waals surface area contributed by atoms with E-state index in [1.165, 1.54) is 0 Å². The average Bonchev–Trinajstić information content (AvgIpc) is 2.53. The minimum atomic E-state index is 0.578. The van der Waals surface area contributed by atoms with Gasteiger partial charge >= 0.3 is 0 Å². The summed E-state index contributed by atoms with van der Waals surface area (Å²) in [6.07, 6.45) is 2.76. The van der Waals surface area contributed by atoms with Crippen molar-refractivity contribution in [3.8, 4) is 11.5 Å². The molecule has 0 atom stereocenters. The molecule has 0 saturated carbocycles. The average molecular weight is 286 g/mol. The highest BCUT2D eigenvalue weighted by Gasteiger charge is 2.11. The van der Waals surface area contributed by atoms with E-state index in [2.05, 4.69) is 27.5 Å². The van der Waals surface area contributed by atoms with Crippen molar-refractivity contribution < 1.29 is 9.47 Å². The van der Waals surface area contributed by atoms with Gasteiger partial charge in [-0.15, -0.1) is 0 Å². The van der Waals surface area contributed by atoms with Crippen molar-refractivity contribution in [1.29, 1.82) is 0 Å². The monoisotopic (exact) mass is 286 g/mol. The normalized spacial score (nSPS) is 12.8. The van der Waals surface area contributed by atoms with Gasteiger partial charge in [0.2, 0.25) is 5.95 Å². The first-order chi connectivity index (χ1) is 10.3. The maximum absolute atomic E-state index is 5.57. The molecule has 1 aromatic carbocycles. The second-order valence-electron chi connectivity index (χ2n) is 4.68. The summed E-state index contributed by atoms with van der Waals surface area (Å²) in [5, 5.41) is 6.41. The Morgan fingerprint density at radius 2 is 2.00 bits per heavy atom. The molecule has 3 rings (SSSR count). The van der Waals surface area contributed by atoms with Gasteiger partial charge in [0, 0.05) is 24.5 Å². The molecule has 6 nitrogen and oxygen atoms in total. The molecule has 0 bridgehead atoms. The molecule has 1 aromatic heterocycles. The van der Waals surface area contributed by atoms with E-state index in [4.69, 9.17) is 9.47 Å². The van der Waals surface area contributed by atoms with E-state index in [0.29, 0.717) is 19.2 Å². The maximum atomic E-state index is 5.57. The van der Waals surface area contributed by atoms with Gasteiger partial charge in [0.15, 0.2) is 11.5 Å². The van der Waals surface area contributed by atoms with Crippen LogP contribution in [-0.4, -0.2) is 29.7 Å². The smallest absolute Gasteiger partial charge is 0.224 e. The number of fused-ring (bicyclic) bond motifs is 1. The minimum absolute atomic E-state index is 0.578. The third kappa shape index (κ3) is 3.34. The van der Waals surface area contributed by atoms with Crippen LogP contribution in [0, 0.1) is 0 Å². The van der Waals surface area contributed by atoms with Gasteiger partial charge in [-0.05, 0) is 24.6 Å². The molecular weight excluding hydrogens is 268 g/mol. The van der Waals surface area contributed by atoms with Gasteiger partial charge in [-0.1, -0.05) is 6.92 Å². The summed E-state index contributed by atoms with van der Waals surface area (Å²) in [5.74, 6) is 2.89. The highest BCUT2D eigenvalue weighted by Crippen LogP contribution is 2.33. The first kappa shape index (κ1) is 13.5. The fourth-order valence-corrected chi connectivity index (χ4v) is 2.02. The van der Waals surface area contributed by atoms with Gasteiger partial charge in [-0.3, -0.25) is 0 Å². The predicted octanol–water partition coefficient (Wildman–Crippen LogP) is 2.81. The fourth-order valence-electron chi connectivity index (χ4n) is 2.02. The van der Waals surface area contributed by atoms with Gasteiger partial charge in [-0.25, -0.2) is 4.98 Å². The first-order valence-electron chi connectivity index (χ1n) is 7.09. The Morgan fingerprint density at radius 1 is 1.14 bits per heavy atom. The molecule has 0 amide bonds. The lowest BCUT2D eigenvalue weighted by atomic mass is 10.2. The van der Waals surface area contributed by atoms with E-state index >= 15 is 0 Å². The van der Waals surface area contributed by atoms with Crippen molar-refractivity contribution >= 4 is 17.5 Å². The fraction of sp³-hybridized carbons (Fsp3) is 0.333. The number of rotatable bonds is 5. The number of hydrogen-bond donors (Lipinski definition) is 2. The van der Waals surface area contributed by atoms with Crippen LogP contribution in [-0.2, 0) is 0 Å². The molecule has 0 unspecified atom stereocenters. The summed E-state index contributed by atoms with van der Waals surface area (Å²) in [5.41, 5.74) is 0.902. The Kier molecular flexibility index (Phi) is 4.04. The minimum Gasteiger partial charge on any atom is -0.486 e. The lowest BCUT2D eigenvalue weighted by Crippen LogP contribution is -2.15. The molecule has 6 heteroatoms. The van der Waals surface area contributed by atoms with E-state index in [9.17, 15) is 0 Å². The molecule has 0 radical (unpaired) electrons. The second-order valence-corrected chi connectivity index (χ2v) is 4.68. The van der Waals surface area contributed by atoms with Crippen molar-refractivity contribution in [2.24, 2.45) is 0 Å². The Bertz CT molecular complexity index is 618. The number of nitrogens with zero attached hydrogens (tertiary/aromatic N) is 2. The lowest BCUT2D eigenvalue weighted by molar-refractivity contribution is 0.171. The van der Waals surface area contributed by atoms with Crippen LogP contribution in [0.2, 0.25) is 0 Å². The molecular formula is C15H18N4O2. The predicted molar refractivity (Wildman–Crippen MR) is 81.5 cm³/mol.